The van der Waals surface area contributed by atoms with Crippen molar-refractivity contribution in [1.29, 1.82) is 0 Å². The first-order valence-electron chi connectivity index (χ1n) is 6.11. The Balaban J connectivity index is 2.75. The molecule has 2 aromatic rings. The van der Waals surface area contributed by atoms with Crippen LogP contribution in [0.1, 0.15) is 18.1 Å². The number of nitrogens with zero attached hydrogens (tertiary/aromatic N) is 1. The monoisotopic (exact) mass is 242 g/mol. The predicted molar refractivity (Wildman–Crippen MR) is 75.7 cm³/mol. The summed E-state index contributed by atoms with van der Waals surface area (Å²) in [6.07, 6.45) is 0. The summed E-state index contributed by atoms with van der Waals surface area (Å²) in [6.45, 7) is 6.67. The van der Waals surface area contributed by atoms with Crippen LogP contribution in [-0.2, 0) is 6.54 Å². The fourth-order valence-electron chi connectivity index (χ4n) is 2.16. The molecule has 0 atom stereocenters. The number of nitrogen functional groups attached to an aromatic ring is 1. The zero-order chi connectivity index (χ0) is 13.3. The van der Waals surface area contributed by atoms with Gasteiger partial charge < -0.3 is 10.3 Å². The maximum atomic E-state index is 12.0. The van der Waals surface area contributed by atoms with Gasteiger partial charge in [-0.3, -0.25) is 4.79 Å². The molecule has 3 nitrogen and oxygen atoms in total. The number of hydrogen-bond donors (Lipinski definition) is 1. The second-order valence-corrected chi connectivity index (χ2v) is 4.54. The Kier molecular flexibility index (Phi) is 3.24. The number of aryl methyl sites for hydroxylation is 2. The summed E-state index contributed by atoms with van der Waals surface area (Å²) < 4.78 is 1.72. The van der Waals surface area contributed by atoms with Gasteiger partial charge in [0.2, 0.25) is 0 Å². The van der Waals surface area contributed by atoms with Crippen LogP contribution in [0.4, 0.5) is 5.69 Å². The minimum Gasteiger partial charge on any atom is -0.394 e. The quantitative estimate of drug-likeness (QED) is 0.880. The van der Waals surface area contributed by atoms with Gasteiger partial charge >= 0.3 is 0 Å². The van der Waals surface area contributed by atoms with Gasteiger partial charge in [-0.2, -0.15) is 0 Å². The normalized spacial score (nSPS) is 10.6. The Morgan fingerprint density at radius 1 is 1.17 bits per heavy atom. The van der Waals surface area contributed by atoms with Gasteiger partial charge in [-0.15, -0.1) is 0 Å². The lowest BCUT2D eigenvalue weighted by atomic mass is 10.0. The molecule has 0 amide bonds. The Morgan fingerprint density at radius 2 is 1.89 bits per heavy atom. The summed E-state index contributed by atoms with van der Waals surface area (Å²) in [7, 11) is 0. The molecule has 0 bridgehead atoms. The highest BCUT2D eigenvalue weighted by Crippen LogP contribution is 2.24. The van der Waals surface area contributed by atoms with Crippen LogP contribution < -0.4 is 11.3 Å². The standard InChI is InChI=1S/C15H18N2O/c1-4-17-14(8-7-13(16)15(17)18)12-9-10(2)5-6-11(12)3/h5-9H,4,16H2,1-3H3. The molecule has 1 aromatic carbocycles. The fourth-order valence-corrected chi connectivity index (χ4v) is 2.16. The van der Waals surface area contributed by atoms with E-state index in [1.165, 1.54) is 5.56 Å². The van der Waals surface area contributed by atoms with E-state index in [1.807, 2.05) is 13.0 Å². The predicted octanol–water partition coefficient (Wildman–Crippen LogP) is 2.73. The summed E-state index contributed by atoms with van der Waals surface area (Å²) in [4.78, 5) is 12.0. The van der Waals surface area contributed by atoms with Crippen molar-refractivity contribution < 1.29 is 0 Å². The molecule has 18 heavy (non-hydrogen) atoms. The lowest BCUT2D eigenvalue weighted by molar-refractivity contribution is 0.738. The highest BCUT2D eigenvalue weighted by molar-refractivity contribution is 5.66. The van der Waals surface area contributed by atoms with Crippen LogP contribution in [0.3, 0.4) is 0 Å². The summed E-state index contributed by atoms with van der Waals surface area (Å²) >= 11 is 0. The van der Waals surface area contributed by atoms with Crippen molar-refractivity contribution >= 4 is 5.69 Å². The molecule has 0 saturated carbocycles. The first-order valence-corrected chi connectivity index (χ1v) is 6.11. The number of benzene rings is 1. The van der Waals surface area contributed by atoms with E-state index in [2.05, 4.69) is 32.0 Å². The molecule has 0 aliphatic heterocycles. The lowest BCUT2D eigenvalue weighted by Crippen LogP contribution is -2.23. The van der Waals surface area contributed by atoms with E-state index < -0.39 is 0 Å². The topological polar surface area (TPSA) is 48.0 Å². The first-order chi connectivity index (χ1) is 8.54. The van der Waals surface area contributed by atoms with Gasteiger partial charge in [0.1, 0.15) is 0 Å². The van der Waals surface area contributed by atoms with Crippen molar-refractivity contribution in [3.05, 3.63) is 51.8 Å². The van der Waals surface area contributed by atoms with Gasteiger partial charge in [0.25, 0.3) is 5.56 Å². The van der Waals surface area contributed by atoms with Crippen molar-refractivity contribution in [2.24, 2.45) is 0 Å². The van der Waals surface area contributed by atoms with Crippen LogP contribution in [0.2, 0.25) is 0 Å². The minimum atomic E-state index is -0.115. The molecule has 0 aliphatic rings. The second kappa shape index (κ2) is 4.69. The van der Waals surface area contributed by atoms with Crippen molar-refractivity contribution in [3.63, 3.8) is 0 Å². The van der Waals surface area contributed by atoms with Gasteiger partial charge in [-0.05, 0) is 44.5 Å². The first kappa shape index (κ1) is 12.4. The number of pyridine rings is 1. The largest absolute Gasteiger partial charge is 0.394 e. The maximum Gasteiger partial charge on any atom is 0.274 e. The van der Waals surface area contributed by atoms with Crippen molar-refractivity contribution in [2.45, 2.75) is 27.3 Å². The fraction of sp³-hybridized carbons (Fsp3) is 0.267. The van der Waals surface area contributed by atoms with Crippen LogP contribution in [0.5, 0.6) is 0 Å². The molecule has 0 spiro atoms. The van der Waals surface area contributed by atoms with Gasteiger partial charge in [-0.1, -0.05) is 17.7 Å². The minimum absolute atomic E-state index is 0.115. The molecular weight excluding hydrogens is 224 g/mol. The second-order valence-electron chi connectivity index (χ2n) is 4.54. The molecule has 1 aromatic heterocycles. The number of hydrogen-bond acceptors (Lipinski definition) is 2. The van der Waals surface area contributed by atoms with E-state index >= 15 is 0 Å². The SMILES string of the molecule is CCn1c(-c2cc(C)ccc2C)ccc(N)c1=O. The zero-order valence-electron chi connectivity index (χ0n) is 11.0. The van der Waals surface area contributed by atoms with Crippen LogP contribution in [0.15, 0.2) is 35.1 Å². The highest BCUT2D eigenvalue weighted by Gasteiger charge is 2.09. The third kappa shape index (κ3) is 2.04. The lowest BCUT2D eigenvalue weighted by Gasteiger charge is -2.14. The molecule has 2 N–H and O–H groups in total. The molecule has 0 aliphatic carbocycles. The summed E-state index contributed by atoms with van der Waals surface area (Å²) in [5.41, 5.74) is 10.2. The van der Waals surface area contributed by atoms with Crippen molar-refractivity contribution in [1.82, 2.24) is 4.57 Å². The summed E-state index contributed by atoms with van der Waals surface area (Å²) in [6, 6.07) is 9.86. The third-order valence-corrected chi connectivity index (χ3v) is 3.19. The van der Waals surface area contributed by atoms with Crippen LogP contribution in [0.25, 0.3) is 11.3 Å². The number of anilines is 1. The smallest absolute Gasteiger partial charge is 0.274 e. The molecule has 3 heteroatoms. The molecule has 2 rings (SSSR count). The van der Waals surface area contributed by atoms with E-state index in [9.17, 15) is 4.79 Å². The Morgan fingerprint density at radius 3 is 2.56 bits per heavy atom. The molecule has 0 saturated heterocycles. The summed E-state index contributed by atoms with van der Waals surface area (Å²) in [5.74, 6) is 0. The average molecular weight is 242 g/mol. The molecule has 0 radical (unpaired) electrons. The molecular formula is C15H18N2O. The Labute approximate surface area is 107 Å². The van der Waals surface area contributed by atoms with Gasteiger partial charge in [-0.25, -0.2) is 0 Å². The van der Waals surface area contributed by atoms with E-state index in [4.69, 9.17) is 5.73 Å². The van der Waals surface area contributed by atoms with Crippen LogP contribution in [0, 0.1) is 13.8 Å². The van der Waals surface area contributed by atoms with Gasteiger partial charge in [0, 0.05) is 12.1 Å². The van der Waals surface area contributed by atoms with E-state index in [-0.39, 0.29) is 5.56 Å². The van der Waals surface area contributed by atoms with Crippen LogP contribution in [-0.4, -0.2) is 4.57 Å². The van der Waals surface area contributed by atoms with Gasteiger partial charge in [0.15, 0.2) is 0 Å². The van der Waals surface area contributed by atoms with E-state index in [1.54, 1.807) is 10.6 Å². The molecule has 0 unspecified atom stereocenters. The number of rotatable bonds is 2. The molecule has 1 heterocycles. The van der Waals surface area contributed by atoms with Crippen molar-refractivity contribution in [3.8, 4) is 11.3 Å². The molecule has 0 fully saturated rings. The van der Waals surface area contributed by atoms with Crippen LogP contribution >= 0.6 is 0 Å². The van der Waals surface area contributed by atoms with Gasteiger partial charge in [0.05, 0.1) is 11.4 Å². The zero-order valence-corrected chi connectivity index (χ0v) is 11.0. The van der Waals surface area contributed by atoms with E-state index in [0.29, 0.717) is 12.2 Å². The van der Waals surface area contributed by atoms with Crippen molar-refractivity contribution in [2.75, 3.05) is 5.73 Å². The average Bonchev–Trinajstić information content (AvgIpc) is 2.35. The number of aromatic nitrogens is 1. The third-order valence-electron chi connectivity index (χ3n) is 3.19. The summed E-state index contributed by atoms with van der Waals surface area (Å²) in [5, 5.41) is 0. The van der Waals surface area contributed by atoms with E-state index in [0.717, 1.165) is 16.8 Å². The number of nitrogens with two attached hydrogens (primary N) is 1. The molecule has 94 valence electrons. The maximum absolute atomic E-state index is 12.0. The Hall–Kier alpha value is -2.03. The Bertz CT molecular complexity index is 641. The highest BCUT2D eigenvalue weighted by atomic mass is 16.1.